The van der Waals surface area contributed by atoms with Gasteiger partial charge in [0, 0.05) is 6.54 Å². The van der Waals surface area contributed by atoms with Crippen LogP contribution in [-0.4, -0.2) is 17.7 Å². The Balaban J connectivity index is 2.65. The number of anilines is 1. The van der Waals surface area contributed by atoms with E-state index in [9.17, 15) is 4.79 Å². The van der Waals surface area contributed by atoms with Crippen LogP contribution in [0, 0.1) is 0 Å². The third-order valence-electron chi connectivity index (χ3n) is 2.22. The Labute approximate surface area is 133 Å². The van der Waals surface area contributed by atoms with E-state index in [0.29, 0.717) is 15.7 Å². The smallest absolute Gasteiger partial charge is 0.437 e. The van der Waals surface area contributed by atoms with Crippen LogP contribution in [0.5, 0.6) is 0 Å². The molecule has 0 aliphatic rings. The molecule has 1 aromatic rings. The molecule has 0 saturated heterocycles. The van der Waals surface area contributed by atoms with Crippen LogP contribution in [0.1, 0.15) is 26.3 Å². The summed E-state index contributed by atoms with van der Waals surface area (Å²) in [5.74, 6) is -0.0617. The average molecular weight is 333 g/mol. The Morgan fingerprint density at radius 2 is 1.86 bits per heavy atom. The second-order valence-electron chi connectivity index (χ2n) is 5.30. The van der Waals surface area contributed by atoms with Crippen molar-refractivity contribution in [2.75, 3.05) is 5.73 Å². The predicted octanol–water partition coefficient (Wildman–Crippen LogP) is 2.92. The van der Waals surface area contributed by atoms with Crippen molar-refractivity contribution in [3.8, 4) is 0 Å². The van der Waals surface area contributed by atoms with Crippen molar-refractivity contribution < 1.29 is 9.53 Å². The molecule has 0 aromatic heterocycles. The highest BCUT2D eigenvalue weighted by Gasteiger charge is 2.15. The zero-order valence-corrected chi connectivity index (χ0v) is 13.5. The number of carbonyl (C=O) groups excluding carboxylic acids is 1. The van der Waals surface area contributed by atoms with E-state index in [1.807, 2.05) is 0 Å². The number of hydrogen-bond donors (Lipinski definition) is 3. The maximum Gasteiger partial charge on any atom is 0.437 e. The van der Waals surface area contributed by atoms with Crippen LogP contribution in [0.2, 0.25) is 10.0 Å². The van der Waals surface area contributed by atoms with Crippen LogP contribution in [0.25, 0.3) is 0 Å². The van der Waals surface area contributed by atoms with Crippen molar-refractivity contribution in [3.05, 3.63) is 27.7 Å². The zero-order valence-electron chi connectivity index (χ0n) is 12.0. The van der Waals surface area contributed by atoms with E-state index >= 15 is 0 Å². The quantitative estimate of drug-likeness (QED) is 0.439. The summed E-state index contributed by atoms with van der Waals surface area (Å²) in [4.78, 5) is 15.0. The molecule has 8 heteroatoms. The normalized spacial score (nSPS) is 12.1. The van der Waals surface area contributed by atoms with Crippen molar-refractivity contribution in [2.24, 2.45) is 10.7 Å². The van der Waals surface area contributed by atoms with E-state index in [0.717, 1.165) is 5.56 Å². The number of benzene rings is 1. The zero-order chi connectivity index (χ0) is 16.2. The van der Waals surface area contributed by atoms with E-state index in [2.05, 4.69) is 10.3 Å². The van der Waals surface area contributed by atoms with Crippen LogP contribution < -0.4 is 16.8 Å². The number of halogens is 2. The summed E-state index contributed by atoms with van der Waals surface area (Å²) in [7, 11) is 0. The van der Waals surface area contributed by atoms with E-state index in [-0.39, 0.29) is 12.5 Å². The second kappa shape index (κ2) is 6.87. The largest absolute Gasteiger partial charge is 0.442 e. The van der Waals surface area contributed by atoms with Crippen molar-refractivity contribution in [1.82, 2.24) is 5.32 Å². The van der Waals surface area contributed by atoms with Gasteiger partial charge in [0.25, 0.3) is 0 Å². The van der Waals surface area contributed by atoms with Gasteiger partial charge in [0.1, 0.15) is 5.60 Å². The number of nitrogens with one attached hydrogen (secondary N) is 1. The highest BCUT2D eigenvalue weighted by molar-refractivity contribution is 6.38. The first-order valence-electron chi connectivity index (χ1n) is 6.13. The molecule has 1 rings (SSSR count). The molecule has 6 nitrogen and oxygen atoms in total. The number of amides is 1. The first kappa shape index (κ1) is 17.4. The number of nitrogen functional groups attached to an aromatic ring is 1. The van der Waals surface area contributed by atoms with Crippen molar-refractivity contribution in [3.63, 3.8) is 0 Å². The summed E-state index contributed by atoms with van der Waals surface area (Å²) in [5, 5.41) is 3.46. The molecule has 0 saturated carbocycles. The minimum Gasteiger partial charge on any atom is -0.442 e. The molecule has 0 unspecified atom stereocenters. The molecule has 116 valence electrons. The third-order valence-corrected chi connectivity index (χ3v) is 2.84. The number of aliphatic imine (C=N–C) groups is 1. The maximum absolute atomic E-state index is 11.4. The second-order valence-corrected chi connectivity index (χ2v) is 6.12. The van der Waals surface area contributed by atoms with Crippen molar-refractivity contribution in [2.45, 2.75) is 32.9 Å². The number of nitrogens with zero attached hydrogens (tertiary/aromatic N) is 1. The lowest BCUT2D eigenvalue weighted by atomic mass is 10.2. The molecule has 1 amide bonds. The lowest BCUT2D eigenvalue weighted by Crippen LogP contribution is -2.33. The lowest BCUT2D eigenvalue weighted by molar-refractivity contribution is 0.0603. The Kier molecular flexibility index (Phi) is 5.69. The van der Waals surface area contributed by atoms with Gasteiger partial charge in [-0.25, -0.2) is 4.79 Å². The number of nitrogens with two attached hydrogens (primary N) is 2. The number of carbonyl (C=O) groups is 1. The average Bonchev–Trinajstić information content (AvgIpc) is 2.30. The van der Waals surface area contributed by atoms with Gasteiger partial charge in [-0.2, -0.15) is 0 Å². The van der Waals surface area contributed by atoms with Gasteiger partial charge >= 0.3 is 6.09 Å². The molecule has 0 heterocycles. The fourth-order valence-electron chi connectivity index (χ4n) is 1.35. The van der Waals surface area contributed by atoms with Gasteiger partial charge in [-0.05, 0) is 38.5 Å². The molecular formula is C13H18Cl2N4O2. The molecule has 0 aliphatic carbocycles. The van der Waals surface area contributed by atoms with Crippen LogP contribution >= 0.6 is 23.2 Å². The third kappa shape index (κ3) is 6.10. The molecule has 5 N–H and O–H groups in total. The fourth-order valence-corrected chi connectivity index (χ4v) is 1.89. The minimum absolute atomic E-state index is 0.0617. The number of rotatable bonds is 2. The predicted molar refractivity (Wildman–Crippen MR) is 85.6 cm³/mol. The minimum atomic E-state index is -0.763. The monoisotopic (exact) mass is 332 g/mol. The molecule has 1 aromatic carbocycles. The topological polar surface area (TPSA) is 103 Å². The molecule has 0 spiro atoms. The summed E-state index contributed by atoms with van der Waals surface area (Å²) >= 11 is 11.8. The van der Waals surface area contributed by atoms with Gasteiger partial charge in [-0.1, -0.05) is 23.2 Å². The van der Waals surface area contributed by atoms with Crippen molar-refractivity contribution in [1.29, 1.82) is 0 Å². The molecule has 0 bridgehead atoms. The first-order chi connectivity index (χ1) is 9.58. The van der Waals surface area contributed by atoms with E-state index in [1.165, 1.54) is 0 Å². The van der Waals surface area contributed by atoms with Gasteiger partial charge in [0.15, 0.2) is 5.96 Å². The molecule has 0 aliphatic heterocycles. The van der Waals surface area contributed by atoms with Gasteiger partial charge in [-0.3, -0.25) is 0 Å². The Morgan fingerprint density at radius 1 is 1.33 bits per heavy atom. The van der Waals surface area contributed by atoms with E-state index < -0.39 is 11.7 Å². The molecule has 21 heavy (non-hydrogen) atoms. The number of hydrogen-bond acceptors (Lipinski definition) is 3. The van der Waals surface area contributed by atoms with Gasteiger partial charge in [0.05, 0.1) is 15.7 Å². The Bertz CT molecular complexity index is 545. The maximum atomic E-state index is 11.4. The van der Waals surface area contributed by atoms with Crippen LogP contribution in [-0.2, 0) is 11.3 Å². The summed E-state index contributed by atoms with van der Waals surface area (Å²) in [6.45, 7) is 5.51. The lowest BCUT2D eigenvalue weighted by Gasteiger charge is -2.17. The number of ether oxygens (including phenoxy) is 1. The Hall–Kier alpha value is -1.66. The van der Waals surface area contributed by atoms with Crippen LogP contribution in [0.15, 0.2) is 17.1 Å². The first-order valence-corrected chi connectivity index (χ1v) is 6.88. The van der Waals surface area contributed by atoms with Crippen LogP contribution in [0.4, 0.5) is 10.5 Å². The summed E-state index contributed by atoms with van der Waals surface area (Å²) < 4.78 is 5.01. The van der Waals surface area contributed by atoms with Gasteiger partial charge in [-0.15, -0.1) is 4.99 Å². The van der Waals surface area contributed by atoms with Gasteiger partial charge < -0.3 is 21.5 Å². The SMILES string of the molecule is CC(C)(C)OC(=O)/N=C(\N)NCc1cc(Cl)c(N)c(Cl)c1. The van der Waals surface area contributed by atoms with E-state index in [1.54, 1.807) is 32.9 Å². The fraction of sp³-hybridized carbons (Fsp3) is 0.385. The Morgan fingerprint density at radius 3 is 2.33 bits per heavy atom. The van der Waals surface area contributed by atoms with Crippen molar-refractivity contribution >= 4 is 40.9 Å². The molecule has 0 radical (unpaired) electrons. The summed E-state index contributed by atoms with van der Waals surface area (Å²) in [6.07, 6.45) is -0.763. The van der Waals surface area contributed by atoms with Gasteiger partial charge in [0.2, 0.25) is 0 Å². The van der Waals surface area contributed by atoms with E-state index in [4.69, 9.17) is 39.4 Å². The molecule has 0 fully saturated rings. The summed E-state index contributed by atoms with van der Waals surface area (Å²) in [5.41, 5.74) is 11.7. The van der Waals surface area contributed by atoms with Crippen LogP contribution in [0.3, 0.4) is 0 Å². The number of guanidine groups is 1. The highest BCUT2D eigenvalue weighted by atomic mass is 35.5. The highest BCUT2D eigenvalue weighted by Crippen LogP contribution is 2.28. The standard InChI is InChI=1S/C13H18Cl2N4O2/c1-13(2,3)21-12(20)19-11(17)18-6-7-4-8(14)10(16)9(15)5-7/h4-5H,6,16H2,1-3H3,(H3,17,18,19,20). The molecular weight excluding hydrogens is 315 g/mol. The molecule has 0 atom stereocenters. The summed E-state index contributed by atoms with van der Waals surface area (Å²) in [6, 6.07) is 3.30.